The third kappa shape index (κ3) is 4.78. The number of nitrogens with one attached hydrogen (secondary N) is 2. The molecule has 2 amide bonds. The molecule has 0 saturated carbocycles. The summed E-state index contributed by atoms with van der Waals surface area (Å²) in [5.74, 6) is -0.0216. The summed E-state index contributed by atoms with van der Waals surface area (Å²) >= 11 is 6.02. The van der Waals surface area contributed by atoms with Crippen molar-refractivity contribution in [2.75, 3.05) is 32.7 Å². The van der Waals surface area contributed by atoms with Crippen LogP contribution < -0.4 is 5.32 Å². The van der Waals surface area contributed by atoms with Crippen LogP contribution in [-0.4, -0.2) is 59.3 Å². The molecule has 0 radical (unpaired) electrons. The average Bonchev–Trinajstić information content (AvgIpc) is 3.16. The molecule has 0 bridgehead atoms. The maximum absolute atomic E-state index is 12.8. The Morgan fingerprint density at radius 2 is 1.76 bits per heavy atom. The van der Waals surface area contributed by atoms with Crippen molar-refractivity contribution < 1.29 is 9.59 Å². The molecule has 0 spiro atoms. The average molecular weight is 411 g/mol. The lowest BCUT2D eigenvalue weighted by atomic mass is 10.2. The van der Waals surface area contributed by atoms with Gasteiger partial charge in [-0.2, -0.15) is 0 Å². The van der Waals surface area contributed by atoms with Crippen LogP contribution in [0, 0.1) is 0 Å². The smallest absolute Gasteiger partial charge is 0.270 e. The van der Waals surface area contributed by atoms with Crippen LogP contribution in [0.1, 0.15) is 16.1 Å². The number of piperazine rings is 1. The first kappa shape index (κ1) is 19.5. The first-order valence-electron chi connectivity index (χ1n) is 9.69. The molecule has 4 rings (SSSR count). The Labute approximate surface area is 174 Å². The minimum absolute atomic E-state index is 0.00104. The number of benzene rings is 2. The van der Waals surface area contributed by atoms with Gasteiger partial charge in [0.1, 0.15) is 5.69 Å². The highest BCUT2D eigenvalue weighted by atomic mass is 35.5. The number of hydrogen-bond acceptors (Lipinski definition) is 3. The number of hydrogen-bond donors (Lipinski definition) is 2. The summed E-state index contributed by atoms with van der Waals surface area (Å²) in [5, 5.41) is 4.52. The summed E-state index contributed by atoms with van der Waals surface area (Å²) < 4.78 is 0. The predicted molar refractivity (Wildman–Crippen MR) is 114 cm³/mol. The van der Waals surface area contributed by atoms with E-state index in [2.05, 4.69) is 15.2 Å². The Kier molecular flexibility index (Phi) is 5.83. The molecule has 7 heteroatoms. The fourth-order valence-electron chi connectivity index (χ4n) is 3.55. The van der Waals surface area contributed by atoms with E-state index in [1.165, 1.54) is 0 Å². The van der Waals surface area contributed by atoms with E-state index in [-0.39, 0.29) is 11.8 Å². The van der Waals surface area contributed by atoms with Gasteiger partial charge in [0.2, 0.25) is 5.91 Å². The molecule has 2 N–H and O–H groups in total. The number of H-pyrrole nitrogens is 1. The molecule has 6 nitrogen and oxygen atoms in total. The summed E-state index contributed by atoms with van der Waals surface area (Å²) in [6, 6.07) is 17.2. The number of rotatable bonds is 5. The highest BCUT2D eigenvalue weighted by Gasteiger charge is 2.24. The zero-order valence-corrected chi connectivity index (χ0v) is 16.8. The van der Waals surface area contributed by atoms with Gasteiger partial charge in [-0.15, -0.1) is 0 Å². The van der Waals surface area contributed by atoms with Crippen molar-refractivity contribution in [3.8, 4) is 0 Å². The van der Waals surface area contributed by atoms with Crippen molar-refractivity contribution in [1.29, 1.82) is 0 Å². The molecule has 1 aliphatic rings. The highest BCUT2D eigenvalue weighted by Crippen LogP contribution is 2.21. The Bertz CT molecular complexity index is 1010. The third-order valence-corrected chi connectivity index (χ3v) is 5.41. The van der Waals surface area contributed by atoms with Gasteiger partial charge in [-0.05, 0) is 29.8 Å². The second-order valence-electron chi connectivity index (χ2n) is 7.25. The topological polar surface area (TPSA) is 68.4 Å². The lowest BCUT2D eigenvalue weighted by molar-refractivity contribution is -0.122. The number of carbonyl (C=O) groups is 2. The van der Waals surface area contributed by atoms with Gasteiger partial charge in [-0.1, -0.05) is 41.9 Å². The number of aromatic amines is 1. The number of carbonyl (C=O) groups excluding carboxylic acids is 2. The van der Waals surface area contributed by atoms with Crippen LogP contribution in [0.3, 0.4) is 0 Å². The predicted octanol–water partition coefficient (Wildman–Crippen LogP) is 2.90. The van der Waals surface area contributed by atoms with Crippen LogP contribution in [-0.2, 0) is 11.3 Å². The Morgan fingerprint density at radius 3 is 2.52 bits per heavy atom. The number of halogens is 1. The van der Waals surface area contributed by atoms with Gasteiger partial charge in [0.15, 0.2) is 0 Å². The van der Waals surface area contributed by atoms with Crippen LogP contribution in [0.15, 0.2) is 54.6 Å². The second-order valence-corrected chi connectivity index (χ2v) is 7.68. The zero-order chi connectivity index (χ0) is 20.2. The Morgan fingerprint density at radius 1 is 1.00 bits per heavy atom. The zero-order valence-electron chi connectivity index (χ0n) is 16.0. The van der Waals surface area contributed by atoms with E-state index < -0.39 is 0 Å². The van der Waals surface area contributed by atoms with Gasteiger partial charge in [-0.3, -0.25) is 14.5 Å². The van der Waals surface area contributed by atoms with Gasteiger partial charge in [0, 0.05) is 48.6 Å². The lowest BCUT2D eigenvalue weighted by Gasteiger charge is -2.34. The standard InChI is InChI=1S/C22H23ClN4O2/c23-18-6-7-19-17(12-18)13-20(25-19)22(29)27-10-8-26(9-11-27)15-21(28)24-14-16-4-2-1-3-5-16/h1-7,12-13,25H,8-11,14-15H2,(H,24,28). The molecule has 2 heterocycles. The molecule has 2 aromatic carbocycles. The minimum Gasteiger partial charge on any atom is -0.351 e. The number of amides is 2. The van der Waals surface area contributed by atoms with Crippen molar-refractivity contribution in [2.24, 2.45) is 0 Å². The molecule has 29 heavy (non-hydrogen) atoms. The maximum atomic E-state index is 12.8. The van der Waals surface area contributed by atoms with Crippen LogP contribution in [0.4, 0.5) is 0 Å². The highest BCUT2D eigenvalue weighted by molar-refractivity contribution is 6.31. The van der Waals surface area contributed by atoms with Crippen LogP contribution in [0.5, 0.6) is 0 Å². The van der Waals surface area contributed by atoms with Crippen molar-refractivity contribution in [1.82, 2.24) is 20.1 Å². The normalized spacial score (nSPS) is 14.9. The number of aromatic nitrogens is 1. The van der Waals surface area contributed by atoms with Gasteiger partial charge >= 0.3 is 0 Å². The van der Waals surface area contributed by atoms with Crippen LogP contribution >= 0.6 is 11.6 Å². The van der Waals surface area contributed by atoms with E-state index in [0.717, 1.165) is 16.5 Å². The van der Waals surface area contributed by atoms with Crippen molar-refractivity contribution in [2.45, 2.75) is 6.54 Å². The quantitative estimate of drug-likeness (QED) is 0.679. The molecular weight excluding hydrogens is 388 g/mol. The minimum atomic E-state index is -0.0227. The van der Waals surface area contributed by atoms with Crippen molar-refractivity contribution >= 4 is 34.3 Å². The molecule has 1 saturated heterocycles. The van der Waals surface area contributed by atoms with Crippen molar-refractivity contribution in [3.63, 3.8) is 0 Å². The van der Waals surface area contributed by atoms with Gasteiger partial charge < -0.3 is 15.2 Å². The first-order chi connectivity index (χ1) is 14.1. The van der Waals surface area contributed by atoms with E-state index in [1.54, 1.807) is 6.07 Å². The van der Waals surface area contributed by atoms with Crippen LogP contribution in [0.2, 0.25) is 5.02 Å². The van der Waals surface area contributed by atoms with Gasteiger partial charge in [0.05, 0.1) is 6.54 Å². The molecule has 150 valence electrons. The Balaban J connectivity index is 1.27. The maximum Gasteiger partial charge on any atom is 0.270 e. The summed E-state index contributed by atoms with van der Waals surface area (Å²) in [6.07, 6.45) is 0. The molecule has 1 fully saturated rings. The van der Waals surface area contributed by atoms with E-state index >= 15 is 0 Å². The summed E-state index contributed by atoms with van der Waals surface area (Å²) in [6.45, 7) is 3.43. The second kappa shape index (κ2) is 8.68. The summed E-state index contributed by atoms with van der Waals surface area (Å²) in [7, 11) is 0. The molecule has 0 atom stereocenters. The van der Waals surface area contributed by atoms with Gasteiger partial charge in [-0.25, -0.2) is 0 Å². The van der Waals surface area contributed by atoms with Crippen LogP contribution in [0.25, 0.3) is 10.9 Å². The fourth-order valence-corrected chi connectivity index (χ4v) is 3.73. The number of nitrogens with zero attached hydrogens (tertiary/aromatic N) is 2. The molecule has 0 unspecified atom stereocenters. The van der Waals surface area contributed by atoms with Gasteiger partial charge in [0.25, 0.3) is 5.91 Å². The largest absolute Gasteiger partial charge is 0.351 e. The van der Waals surface area contributed by atoms with E-state index in [4.69, 9.17) is 11.6 Å². The molecule has 1 aromatic heterocycles. The molecule has 1 aliphatic heterocycles. The fraction of sp³-hybridized carbons (Fsp3) is 0.273. The lowest BCUT2D eigenvalue weighted by Crippen LogP contribution is -2.51. The SMILES string of the molecule is O=C(CN1CCN(C(=O)c2cc3cc(Cl)ccc3[nH]2)CC1)NCc1ccccc1. The van der Waals surface area contributed by atoms with E-state index in [1.807, 2.05) is 53.4 Å². The molecule has 0 aliphatic carbocycles. The molecular formula is C22H23ClN4O2. The monoisotopic (exact) mass is 410 g/mol. The van der Waals surface area contributed by atoms with Crippen molar-refractivity contribution in [3.05, 3.63) is 70.9 Å². The first-order valence-corrected chi connectivity index (χ1v) is 10.1. The molecule has 3 aromatic rings. The Hall–Kier alpha value is -2.83. The third-order valence-electron chi connectivity index (χ3n) is 5.17. The summed E-state index contributed by atoms with van der Waals surface area (Å²) in [5.41, 5.74) is 2.54. The van der Waals surface area contributed by atoms with E-state index in [0.29, 0.717) is 50.0 Å². The van der Waals surface area contributed by atoms with E-state index in [9.17, 15) is 9.59 Å². The summed E-state index contributed by atoms with van der Waals surface area (Å²) in [4.78, 5) is 32.1. The number of fused-ring (bicyclic) bond motifs is 1.